The van der Waals surface area contributed by atoms with Crippen molar-refractivity contribution in [3.05, 3.63) is 39.0 Å². The number of fused-ring (bicyclic) bond motifs is 1. The summed E-state index contributed by atoms with van der Waals surface area (Å²) in [5.74, 6) is 0. The normalized spacial score (nSPS) is 14.1. The van der Waals surface area contributed by atoms with Gasteiger partial charge in [0.25, 0.3) is 0 Å². The zero-order valence-electron chi connectivity index (χ0n) is 9.55. The quantitative estimate of drug-likeness (QED) is 0.629. The van der Waals surface area contributed by atoms with Crippen LogP contribution in [0.15, 0.2) is 42.0 Å². The molecule has 0 bridgehead atoms. The molecule has 18 heavy (non-hydrogen) atoms. The molecular formula is C12H10BrN3SSe. The van der Waals surface area contributed by atoms with E-state index in [0.29, 0.717) is 0 Å². The average Bonchev–Trinajstić information content (AvgIpc) is 2.97. The molecule has 0 saturated carbocycles. The van der Waals surface area contributed by atoms with Crippen molar-refractivity contribution < 1.29 is 0 Å². The van der Waals surface area contributed by atoms with Crippen LogP contribution >= 0.6 is 27.3 Å². The molecular weight excluding hydrogens is 377 g/mol. The Bertz CT molecular complexity index is 661. The SMILES string of the molecule is CC(Nc1cccc2c1N=[Se]=N2)c1cc(Br)cs1. The van der Waals surface area contributed by atoms with Gasteiger partial charge in [0, 0.05) is 0 Å². The molecule has 3 nitrogen and oxygen atoms in total. The van der Waals surface area contributed by atoms with E-state index in [1.54, 1.807) is 11.3 Å². The van der Waals surface area contributed by atoms with E-state index in [1.165, 1.54) is 4.88 Å². The van der Waals surface area contributed by atoms with Crippen LogP contribution in [0.25, 0.3) is 0 Å². The third-order valence-electron chi connectivity index (χ3n) is 2.67. The van der Waals surface area contributed by atoms with Gasteiger partial charge in [0.2, 0.25) is 0 Å². The first-order chi connectivity index (χ1) is 8.74. The van der Waals surface area contributed by atoms with E-state index in [0.717, 1.165) is 21.5 Å². The Morgan fingerprint density at radius 1 is 1.39 bits per heavy atom. The summed E-state index contributed by atoms with van der Waals surface area (Å²) >= 11 is 5.26. The molecule has 0 saturated heterocycles. The van der Waals surface area contributed by atoms with Crippen molar-refractivity contribution >= 4 is 58.9 Å². The fourth-order valence-corrected chi connectivity index (χ4v) is 4.39. The zero-order valence-corrected chi connectivity index (χ0v) is 13.7. The molecule has 1 unspecified atom stereocenters. The number of rotatable bonds is 3. The molecule has 1 aliphatic rings. The predicted octanol–water partition coefficient (Wildman–Crippen LogP) is 5.03. The van der Waals surface area contributed by atoms with E-state index in [1.807, 2.05) is 12.1 Å². The van der Waals surface area contributed by atoms with Crippen LogP contribution in [-0.2, 0) is 0 Å². The maximum absolute atomic E-state index is 4.48. The van der Waals surface area contributed by atoms with Gasteiger partial charge in [-0.3, -0.25) is 0 Å². The number of anilines is 1. The van der Waals surface area contributed by atoms with Crippen LogP contribution in [0.5, 0.6) is 0 Å². The van der Waals surface area contributed by atoms with E-state index >= 15 is 0 Å². The number of benzene rings is 1. The van der Waals surface area contributed by atoms with Gasteiger partial charge in [-0.25, -0.2) is 0 Å². The molecule has 92 valence electrons. The molecule has 0 amide bonds. The van der Waals surface area contributed by atoms with Crippen molar-refractivity contribution in [2.24, 2.45) is 7.92 Å². The Morgan fingerprint density at radius 3 is 3.06 bits per heavy atom. The monoisotopic (exact) mass is 387 g/mol. The molecule has 0 radical (unpaired) electrons. The van der Waals surface area contributed by atoms with Gasteiger partial charge in [-0.1, -0.05) is 0 Å². The number of nitrogens with one attached hydrogen (secondary N) is 1. The molecule has 1 aliphatic heterocycles. The topological polar surface area (TPSA) is 36.8 Å². The van der Waals surface area contributed by atoms with Gasteiger partial charge in [-0.15, -0.1) is 0 Å². The second-order valence-corrected chi connectivity index (χ2v) is 6.94. The minimum absolute atomic E-state index is 0.0231. The van der Waals surface area contributed by atoms with Gasteiger partial charge in [-0.2, -0.15) is 0 Å². The second kappa shape index (κ2) is 5.13. The summed E-state index contributed by atoms with van der Waals surface area (Å²) in [5.41, 5.74) is 3.10. The van der Waals surface area contributed by atoms with Crippen LogP contribution in [0.4, 0.5) is 17.1 Å². The first-order valence-corrected chi connectivity index (χ1v) is 8.66. The van der Waals surface area contributed by atoms with Gasteiger partial charge < -0.3 is 0 Å². The van der Waals surface area contributed by atoms with Crippen LogP contribution in [0.1, 0.15) is 17.8 Å². The second-order valence-electron chi connectivity index (χ2n) is 3.97. The third kappa shape index (κ3) is 2.38. The van der Waals surface area contributed by atoms with Crippen LogP contribution in [0, 0.1) is 0 Å². The number of hydrogen-bond acceptors (Lipinski definition) is 4. The summed E-state index contributed by atoms with van der Waals surface area (Å²) in [6.07, 6.45) is 0. The van der Waals surface area contributed by atoms with Gasteiger partial charge in [0.05, 0.1) is 0 Å². The Hall–Kier alpha value is -0.681. The Kier molecular flexibility index (Phi) is 3.52. The van der Waals surface area contributed by atoms with Crippen LogP contribution in [0.3, 0.4) is 0 Å². The maximum atomic E-state index is 4.48. The molecule has 2 heterocycles. The summed E-state index contributed by atoms with van der Waals surface area (Å²) < 4.78 is 10.0. The first kappa shape index (κ1) is 12.4. The first-order valence-electron chi connectivity index (χ1n) is 5.46. The fraction of sp³-hybridized carbons (Fsp3) is 0.167. The third-order valence-corrected chi connectivity index (χ3v) is 5.69. The molecule has 0 aliphatic carbocycles. The molecule has 1 aromatic carbocycles. The van der Waals surface area contributed by atoms with Crippen molar-refractivity contribution in [3.63, 3.8) is 0 Å². The molecule has 1 atom stereocenters. The molecule has 1 aromatic heterocycles. The Morgan fingerprint density at radius 2 is 2.28 bits per heavy atom. The number of nitrogens with zero attached hydrogens (tertiary/aromatic N) is 2. The molecule has 3 rings (SSSR count). The number of halogens is 1. The van der Waals surface area contributed by atoms with E-state index in [9.17, 15) is 0 Å². The van der Waals surface area contributed by atoms with Crippen LogP contribution < -0.4 is 5.32 Å². The van der Waals surface area contributed by atoms with Crippen molar-refractivity contribution in [3.8, 4) is 0 Å². The van der Waals surface area contributed by atoms with Gasteiger partial charge in [0.15, 0.2) is 0 Å². The standard InChI is InChI=1S/C12H10BrN3SSe/c1-7(11-5-8(13)6-17-11)14-9-3-2-4-10-12(9)16-18-15-10/h2-7,14H,1H3. The molecule has 0 fully saturated rings. The number of hydrogen-bond donors (Lipinski definition) is 1. The van der Waals surface area contributed by atoms with Crippen LogP contribution in [0.2, 0.25) is 0 Å². The van der Waals surface area contributed by atoms with E-state index in [4.69, 9.17) is 0 Å². The van der Waals surface area contributed by atoms with Gasteiger partial charge >= 0.3 is 124 Å². The van der Waals surface area contributed by atoms with Gasteiger partial charge in [-0.05, 0) is 0 Å². The Labute approximate surface area is 124 Å². The van der Waals surface area contributed by atoms with Crippen molar-refractivity contribution in [2.75, 3.05) is 5.32 Å². The summed E-state index contributed by atoms with van der Waals surface area (Å²) in [7, 11) is 0. The van der Waals surface area contributed by atoms with E-state index < -0.39 is 0 Å². The average molecular weight is 387 g/mol. The Balaban J connectivity index is 1.86. The van der Waals surface area contributed by atoms with Crippen molar-refractivity contribution in [1.82, 2.24) is 0 Å². The summed E-state index contributed by atoms with van der Waals surface area (Å²) in [4.78, 5) is 1.31. The molecule has 0 spiro atoms. The van der Waals surface area contributed by atoms with Crippen molar-refractivity contribution in [1.29, 1.82) is 0 Å². The summed E-state index contributed by atoms with van der Waals surface area (Å²) in [6, 6.07) is 8.54. The van der Waals surface area contributed by atoms with E-state index in [-0.39, 0.29) is 20.6 Å². The predicted molar refractivity (Wildman–Crippen MR) is 80.4 cm³/mol. The summed E-state index contributed by atoms with van der Waals surface area (Å²) in [6.45, 7) is 2.16. The summed E-state index contributed by atoms with van der Waals surface area (Å²) in [5, 5.41) is 5.62. The molecule has 2 aromatic rings. The minimum atomic E-state index is 0.0231. The van der Waals surface area contributed by atoms with E-state index in [2.05, 4.69) is 53.6 Å². The number of thiophene rings is 1. The van der Waals surface area contributed by atoms with Gasteiger partial charge in [0.1, 0.15) is 0 Å². The molecule has 1 N–H and O–H groups in total. The molecule has 6 heteroatoms. The van der Waals surface area contributed by atoms with Crippen molar-refractivity contribution in [2.45, 2.75) is 13.0 Å². The zero-order chi connectivity index (χ0) is 12.5. The fourth-order valence-electron chi connectivity index (χ4n) is 1.78. The van der Waals surface area contributed by atoms with Crippen LogP contribution in [-0.4, -0.2) is 14.6 Å².